The summed E-state index contributed by atoms with van der Waals surface area (Å²) in [5.74, 6) is -0.875. The van der Waals surface area contributed by atoms with Crippen LogP contribution in [-0.4, -0.2) is 70.0 Å². The van der Waals surface area contributed by atoms with Gasteiger partial charge in [0.1, 0.15) is 36.7 Å². The summed E-state index contributed by atoms with van der Waals surface area (Å²) in [6, 6.07) is 19.9. The van der Waals surface area contributed by atoms with Crippen LogP contribution in [-0.2, 0) is 45.3 Å². The number of rotatable bonds is 14. The maximum absolute atomic E-state index is 12.6. The Morgan fingerprint density at radius 1 is 0.561 bits per heavy atom. The van der Waals surface area contributed by atoms with Crippen molar-refractivity contribution >= 4 is 115 Å². The lowest BCUT2D eigenvalue weighted by Crippen LogP contribution is -2.04. The minimum atomic E-state index is -5.30. The van der Waals surface area contributed by atoms with Crippen molar-refractivity contribution in [1.29, 1.82) is 0 Å². The number of nitrogens with zero attached hydrogens (tertiary/aromatic N) is 6. The first-order chi connectivity index (χ1) is 30.8. The Balaban J connectivity index is 1.40. The number of carbonyl (C=O) groups is 1. The normalized spacial score (nSPS) is 12.8. The van der Waals surface area contributed by atoms with Crippen LogP contribution in [0, 0.1) is 0 Å². The van der Waals surface area contributed by atoms with E-state index in [1.807, 2.05) is 0 Å². The Hall–Kier alpha value is -7.37. The number of carbonyl (C=O) groups excluding carboxylic acids is 1. The van der Waals surface area contributed by atoms with Gasteiger partial charge in [-0.05, 0) is 101 Å². The van der Waals surface area contributed by atoms with Crippen LogP contribution >= 0.6 is 0 Å². The van der Waals surface area contributed by atoms with Crippen molar-refractivity contribution in [1.82, 2.24) is 0 Å². The van der Waals surface area contributed by atoms with Gasteiger partial charge in [-0.1, -0.05) is 24.3 Å². The zero-order chi connectivity index (χ0) is 48.4. The number of hydrogen-bond acceptors (Lipinski definition) is 18. The summed E-state index contributed by atoms with van der Waals surface area (Å²) in [5.41, 5.74) is 3.84. The Kier molecular flexibility index (Phi) is 13.6. The molecule has 0 aromatic heterocycles. The molecule has 0 saturated heterocycles. The molecule has 66 heavy (non-hydrogen) atoms. The van der Waals surface area contributed by atoms with Gasteiger partial charge in [0, 0.05) is 12.6 Å². The summed E-state index contributed by atoms with van der Waals surface area (Å²) in [6.07, 6.45) is 2.17. The summed E-state index contributed by atoms with van der Waals surface area (Å²) in [7, 11) is -19.1. The molecule has 8 N–H and O–H groups in total. The minimum Gasteiger partial charge on any atom is -0.505 e. The van der Waals surface area contributed by atoms with Crippen molar-refractivity contribution in [3.8, 4) is 11.5 Å². The number of aromatic hydroxyl groups is 1. The number of amides is 1. The molecule has 0 spiro atoms. The number of fused-ring (bicyclic) bond motifs is 1. The first-order valence-electron chi connectivity index (χ1n) is 18.1. The van der Waals surface area contributed by atoms with E-state index < -0.39 is 99.3 Å². The van der Waals surface area contributed by atoms with E-state index in [-0.39, 0.29) is 28.4 Å². The summed E-state index contributed by atoms with van der Waals surface area (Å²) >= 11 is 0. The molecule has 6 rings (SSSR count). The molecule has 6 aromatic carbocycles. The molecule has 6 aromatic rings. The van der Waals surface area contributed by atoms with Gasteiger partial charge < -0.3 is 20.9 Å². The number of methoxy groups -OCH3 is 1. The van der Waals surface area contributed by atoms with Crippen molar-refractivity contribution < 1.29 is 66.5 Å². The molecule has 0 heterocycles. The first-order valence-corrected chi connectivity index (χ1v) is 23.8. The molecule has 342 valence electrons. The van der Waals surface area contributed by atoms with Crippen LogP contribution in [0.1, 0.15) is 18.1 Å². The van der Waals surface area contributed by atoms with Gasteiger partial charge >= 0.3 is 0 Å². The van der Waals surface area contributed by atoms with Crippen LogP contribution in [0.2, 0.25) is 0 Å². The lowest BCUT2D eigenvalue weighted by Gasteiger charge is -2.14. The third kappa shape index (κ3) is 11.3. The summed E-state index contributed by atoms with van der Waals surface area (Å²) < 4.78 is 145. The maximum Gasteiger partial charge on any atom is 0.296 e. The second kappa shape index (κ2) is 18.6. The topological polar surface area (TPSA) is 376 Å². The standard InChI is InChI=1S/C39H32N8O15S4/c1-21(48)41-25-9-11-26(12-10-25)43-47-38-34(66(59,60)61)18-24-17-33(65(56,57)58)37(36(40)35(24)39(38)49)46-45-29-8-6-23(32(20-29)64(53,54)55)4-3-22-5-7-28(19-31(22)63(50,51)52)44-42-27-13-15-30(62-2)16-14-27/h3-20,49H,40H2,1-2H3,(H,41,48)(H,50,51,52)(H,53,54,55)(H,56,57,58)(H,59,60,61)/b4-3+,44-42?,46-45?,47-43?. The average Bonchev–Trinajstić information content (AvgIpc) is 3.23. The van der Waals surface area contributed by atoms with Crippen molar-refractivity contribution in [2.75, 3.05) is 18.2 Å². The number of nitrogens with one attached hydrogen (secondary N) is 1. The number of nitrogen functional groups attached to an aromatic ring is 1. The van der Waals surface area contributed by atoms with Crippen LogP contribution < -0.4 is 15.8 Å². The number of phenolic OH excluding ortho intramolecular Hbond substituents is 1. The second-order valence-corrected chi connectivity index (χ2v) is 19.1. The second-order valence-electron chi connectivity index (χ2n) is 13.5. The molecule has 0 aliphatic rings. The van der Waals surface area contributed by atoms with E-state index in [1.165, 1.54) is 50.4 Å². The average molecular weight is 981 g/mol. The van der Waals surface area contributed by atoms with Crippen LogP contribution in [0.3, 0.4) is 0 Å². The van der Waals surface area contributed by atoms with Gasteiger partial charge in [0.05, 0.1) is 40.9 Å². The van der Waals surface area contributed by atoms with Gasteiger partial charge in [0.15, 0.2) is 5.75 Å². The predicted molar refractivity (Wildman–Crippen MR) is 237 cm³/mol. The SMILES string of the molecule is COc1ccc(N=Nc2ccc(/C=C/c3ccc(N=Nc4c(S(=O)(=O)O)cc5cc(S(=O)(=O)O)c(N=Nc6ccc(NC(C)=O)cc6)c(O)c5c4N)cc3S(=O)(=O)O)c(S(=O)(=O)O)c2)cc1. The van der Waals surface area contributed by atoms with Crippen molar-refractivity contribution in [2.45, 2.75) is 26.5 Å². The molecule has 1 amide bonds. The summed E-state index contributed by atoms with van der Waals surface area (Å²) in [4.78, 5) is 7.72. The van der Waals surface area contributed by atoms with E-state index in [2.05, 4.69) is 36.0 Å². The van der Waals surface area contributed by atoms with Crippen molar-refractivity contribution in [3.63, 3.8) is 0 Å². The van der Waals surface area contributed by atoms with Crippen LogP contribution in [0.4, 0.5) is 45.5 Å². The first kappa shape index (κ1) is 48.1. The lowest BCUT2D eigenvalue weighted by molar-refractivity contribution is -0.114. The highest BCUT2D eigenvalue weighted by Crippen LogP contribution is 2.48. The molecule has 0 aliphatic heterocycles. The smallest absolute Gasteiger partial charge is 0.296 e. The molecule has 27 heteroatoms. The molecule has 0 saturated carbocycles. The number of ether oxygens (including phenoxy) is 1. The van der Waals surface area contributed by atoms with E-state index in [0.717, 1.165) is 36.4 Å². The Labute approximate surface area is 374 Å². The minimum absolute atomic E-state index is 0.0142. The quantitative estimate of drug-likeness (QED) is 0.0233. The van der Waals surface area contributed by atoms with Crippen LogP contribution in [0.15, 0.2) is 147 Å². The molecule has 0 bridgehead atoms. The molecule has 0 aliphatic carbocycles. The molecule has 23 nitrogen and oxygen atoms in total. The molecule has 0 atom stereocenters. The fourth-order valence-electron chi connectivity index (χ4n) is 5.97. The van der Waals surface area contributed by atoms with Crippen molar-refractivity contribution in [2.24, 2.45) is 30.7 Å². The number of nitrogens with two attached hydrogens (primary N) is 1. The highest BCUT2D eigenvalue weighted by atomic mass is 32.2. The zero-order valence-corrected chi connectivity index (χ0v) is 36.9. The number of hydrogen-bond donors (Lipinski definition) is 7. The van der Waals surface area contributed by atoms with Crippen LogP contribution in [0.5, 0.6) is 11.5 Å². The van der Waals surface area contributed by atoms with Gasteiger partial charge in [0.2, 0.25) is 5.91 Å². The van der Waals surface area contributed by atoms with Gasteiger partial charge in [-0.15, -0.1) is 10.2 Å². The molecular formula is C39H32N8O15S4. The van der Waals surface area contributed by atoms with Gasteiger partial charge in [-0.3, -0.25) is 23.0 Å². The van der Waals surface area contributed by atoms with E-state index in [1.54, 1.807) is 24.3 Å². The molecule has 0 unspecified atom stereocenters. The van der Waals surface area contributed by atoms with E-state index in [9.17, 15) is 61.8 Å². The predicted octanol–water partition coefficient (Wildman–Crippen LogP) is 8.50. The Morgan fingerprint density at radius 2 is 0.955 bits per heavy atom. The van der Waals surface area contributed by atoms with E-state index >= 15 is 0 Å². The van der Waals surface area contributed by atoms with E-state index in [4.69, 9.17) is 10.5 Å². The van der Waals surface area contributed by atoms with Crippen LogP contribution in [0.25, 0.3) is 22.9 Å². The van der Waals surface area contributed by atoms with Crippen molar-refractivity contribution in [3.05, 3.63) is 108 Å². The highest BCUT2D eigenvalue weighted by molar-refractivity contribution is 7.86. The highest BCUT2D eigenvalue weighted by Gasteiger charge is 2.28. The van der Waals surface area contributed by atoms with Gasteiger partial charge in [-0.25, -0.2) is 0 Å². The van der Waals surface area contributed by atoms with Gasteiger partial charge in [-0.2, -0.15) is 54.1 Å². The Morgan fingerprint density at radius 3 is 1.41 bits per heavy atom. The maximum atomic E-state index is 12.6. The Bertz CT molecular complexity index is 3530. The van der Waals surface area contributed by atoms with Gasteiger partial charge in [0.25, 0.3) is 40.5 Å². The third-order valence-corrected chi connectivity index (χ3v) is 12.5. The molecule has 0 fully saturated rings. The third-order valence-electron chi connectivity index (χ3n) is 8.93. The monoisotopic (exact) mass is 980 g/mol. The lowest BCUT2D eigenvalue weighted by atomic mass is 10.1. The number of anilines is 2. The fraction of sp³-hybridized carbons (Fsp3) is 0.0513. The summed E-state index contributed by atoms with van der Waals surface area (Å²) in [6.45, 7) is 1.28. The molecule has 0 radical (unpaired) electrons. The number of benzene rings is 6. The number of azo groups is 3. The largest absolute Gasteiger partial charge is 0.505 e. The molecular weight excluding hydrogens is 949 g/mol. The fourth-order valence-corrected chi connectivity index (χ4v) is 8.71. The zero-order valence-electron chi connectivity index (χ0n) is 33.6. The summed E-state index contributed by atoms with van der Waals surface area (Å²) in [5, 5.41) is 36.1. The number of phenols is 1. The van der Waals surface area contributed by atoms with E-state index in [0.29, 0.717) is 29.3 Å².